The molecule has 0 aromatic heterocycles. The third-order valence-corrected chi connectivity index (χ3v) is 6.66. The summed E-state index contributed by atoms with van der Waals surface area (Å²) in [6.07, 6.45) is 0.987. The quantitative estimate of drug-likeness (QED) is 0.704. The van der Waals surface area contributed by atoms with Crippen LogP contribution in [0, 0.1) is 35.0 Å². The van der Waals surface area contributed by atoms with E-state index in [4.69, 9.17) is 14.6 Å². The number of methoxy groups -OCH3 is 1. The van der Waals surface area contributed by atoms with Crippen LogP contribution in [0.15, 0.2) is 0 Å². The maximum absolute atomic E-state index is 14.1. The fourth-order valence-corrected chi connectivity index (χ4v) is 5.79. The Morgan fingerprint density at radius 2 is 1.67 bits per heavy atom. The van der Waals surface area contributed by atoms with E-state index in [-0.39, 0.29) is 29.6 Å². The average Bonchev–Trinajstić information content (AvgIpc) is 2.57. The van der Waals surface area contributed by atoms with Crippen molar-refractivity contribution in [2.24, 2.45) is 35.0 Å². The number of halogens is 2. The Morgan fingerprint density at radius 1 is 1.11 bits per heavy atom. The number of aliphatic carboxylic acids is 1. The SMILES string of the molecule is COC(=O)C1C2CC3CC1CC(C(=O)OC(C(C)C)C(F)(F)C(=O)O)(C3)C2. The van der Waals surface area contributed by atoms with Gasteiger partial charge in [0, 0.05) is 0 Å². The molecule has 8 heteroatoms. The second-order valence-electron chi connectivity index (χ2n) is 8.80. The van der Waals surface area contributed by atoms with Gasteiger partial charge in [-0.05, 0) is 55.8 Å². The molecule has 0 aromatic rings. The van der Waals surface area contributed by atoms with Gasteiger partial charge in [0.15, 0.2) is 6.10 Å². The van der Waals surface area contributed by atoms with Crippen LogP contribution in [0.5, 0.6) is 0 Å². The number of esters is 2. The van der Waals surface area contributed by atoms with Crippen molar-refractivity contribution in [1.29, 1.82) is 0 Å². The largest absolute Gasteiger partial charge is 0.477 e. The Hall–Kier alpha value is -1.73. The average molecular weight is 388 g/mol. The van der Waals surface area contributed by atoms with Crippen molar-refractivity contribution >= 4 is 17.9 Å². The first kappa shape index (κ1) is 20.0. The number of hydrogen-bond acceptors (Lipinski definition) is 5. The maximum Gasteiger partial charge on any atom is 0.378 e. The molecule has 0 aromatic carbocycles. The highest BCUT2D eigenvalue weighted by molar-refractivity contribution is 5.81. The van der Waals surface area contributed by atoms with Crippen molar-refractivity contribution in [2.75, 3.05) is 7.11 Å². The molecule has 1 N–H and O–H groups in total. The van der Waals surface area contributed by atoms with Gasteiger partial charge in [-0.2, -0.15) is 8.78 Å². The molecule has 4 bridgehead atoms. The molecule has 0 saturated heterocycles. The van der Waals surface area contributed by atoms with Crippen LogP contribution in [-0.4, -0.2) is 42.2 Å². The number of hydrogen-bond donors (Lipinski definition) is 1. The number of ether oxygens (including phenoxy) is 2. The van der Waals surface area contributed by atoms with E-state index in [9.17, 15) is 23.2 Å². The van der Waals surface area contributed by atoms with Crippen molar-refractivity contribution < 1.29 is 37.7 Å². The second-order valence-corrected chi connectivity index (χ2v) is 8.80. The lowest BCUT2D eigenvalue weighted by molar-refractivity contribution is -0.214. The van der Waals surface area contributed by atoms with Crippen LogP contribution in [0.25, 0.3) is 0 Å². The fraction of sp³-hybridized carbons (Fsp3) is 0.842. The molecule has 3 atom stereocenters. The fourth-order valence-electron chi connectivity index (χ4n) is 5.79. The van der Waals surface area contributed by atoms with Crippen LogP contribution >= 0.6 is 0 Å². The van der Waals surface area contributed by atoms with Gasteiger partial charge in [0.05, 0.1) is 18.4 Å². The summed E-state index contributed by atoms with van der Waals surface area (Å²) in [6.45, 7) is 2.81. The zero-order chi connectivity index (χ0) is 20.1. The number of carboxylic acids is 1. The highest BCUT2D eigenvalue weighted by Gasteiger charge is 2.62. The van der Waals surface area contributed by atoms with Gasteiger partial charge in [-0.3, -0.25) is 9.59 Å². The van der Waals surface area contributed by atoms with Crippen LogP contribution < -0.4 is 0 Å². The number of carbonyl (C=O) groups is 3. The molecule has 4 aliphatic rings. The highest BCUT2D eigenvalue weighted by Crippen LogP contribution is 2.63. The van der Waals surface area contributed by atoms with Crippen LogP contribution in [0.4, 0.5) is 8.78 Å². The zero-order valence-corrected chi connectivity index (χ0v) is 15.7. The summed E-state index contributed by atoms with van der Waals surface area (Å²) < 4.78 is 38.2. The topological polar surface area (TPSA) is 89.9 Å². The van der Waals surface area contributed by atoms with E-state index in [0.29, 0.717) is 19.3 Å². The molecule has 3 unspecified atom stereocenters. The molecule has 0 heterocycles. The number of alkyl halides is 2. The third-order valence-electron chi connectivity index (χ3n) is 6.66. The van der Waals surface area contributed by atoms with Gasteiger partial charge in [0.1, 0.15) is 0 Å². The van der Waals surface area contributed by atoms with Crippen molar-refractivity contribution in [1.82, 2.24) is 0 Å². The molecule has 4 fully saturated rings. The smallest absolute Gasteiger partial charge is 0.378 e. The summed E-state index contributed by atoms with van der Waals surface area (Å²) in [7, 11) is 1.35. The summed E-state index contributed by atoms with van der Waals surface area (Å²) in [4.78, 5) is 36.1. The number of carbonyl (C=O) groups excluding carboxylic acids is 2. The van der Waals surface area contributed by atoms with Gasteiger partial charge in [-0.25, -0.2) is 4.79 Å². The molecule has 0 aliphatic heterocycles. The Bertz CT molecular complexity index is 630. The monoisotopic (exact) mass is 388 g/mol. The van der Waals surface area contributed by atoms with E-state index < -0.39 is 35.3 Å². The molecule has 0 amide bonds. The second kappa shape index (κ2) is 6.71. The molecule has 27 heavy (non-hydrogen) atoms. The molecule has 6 nitrogen and oxygen atoms in total. The molecule has 0 spiro atoms. The minimum absolute atomic E-state index is 0.0197. The van der Waals surface area contributed by atoms with Gasteiger partial charge in [0.2, 0.25) is 0 Å². The predicted octanol–water partition coefficient (Wildman–Crippen LogP) is 2.89. The maximum atomic E-state index is 14.1. The summed E-state index contributed by atoms with van der Waals surface area (Å²) in [5.74, 6) is -8.36. The molecule has 0 radical (unpaired) electrons. The Balaban J connectivity index is 1.81. The molecule has 4 saturated carbocycles. The standard InChI is InChI=1S/C19H26F2O6/c1-9(2)14(19(20,21)16(23)24)27-17(25)18-6-10-4-11(7-18)13(15(22)26-3)12(5-10)8-18/h9-14H,4-8H2,1-3H3,(H,23,24). The highest BCUT2D eigenvalue weighted by atomic mass is 19.3. The van der Waals surface area contributed by atoms with E-state index in [1.54, 1.807) is 0 Å². The first-order chi connectivity index (χ1) is 12.5. The summed E-state index contributed by atoms with van der Waals surface area (Å²) in [6, 6.07) is 0. The van der Waals surface area contributed by atoms with Crippen molar-refractivity contribution in [3.63, 3.8) is 0 Å². The van der Waals surface area contributed by atoms with Crippen molar-refractivity contribution in [2.45, 2.75) is 58.0 Å². The summed E-state index contributed by atoms with van der Waals surface area (Å²) in [5.41, 5.74) is -0.900. The van der Waals surface area contributed by atoms with Crippen LogP contribution in [0.2, 0.25) is 0 Å². The predicted molar refractivity (Wildman–Crippen MR) is 88.8 cm³/mol. The zero-order valence-electron chi connectivity index (χ0n) is 15.7. The molecule has 4 aliphatic carbocycles. The Kier molecular flexibility index (Phi) is 4.97. The molecule has 152 valence electrons. The third kappa shape index (κ3) is 3.21. The van der Waals surface area contributed by atoms with Gasteiger partial charge in [-0.1, -0.05) is 13.8 Å². The van der Waals surface area contributed by atoms with Gasteiger partial charge in [-0.15, -0.1) is 0 Å². The first-order valence-electron chi connectivity index (χ1n) is 9.42. The lowest BCUT2D eigenvalue weighted by atomic mass is 9.46. The van der Waals surface area contributed by atoms with Crippen molar-refractivity contribution in [3.8, 4) is 0 Å². The normalized spacial score (nSPS) is 35.8. The molecular formula is C19H26F2O6. The Morgan fingerprint density at radius 3 is 2.11 bits per heavy atom. The Labute approximate surface area is 156 Å². The first-order valence-corrected chi connectivity index (χ1v) is 9.42. The summed E-state index contributed by atoms with van der Waals surface area (Å²) >= 11 is 0. The summed E-state index contributed by atoms with van der Waals surface area (Å²) in [5, 5.41) is 8.84. The van der Waals surface area contributed by atoms with E-state index in [2.05, 4.69) is 0 Å². The van der Waals surface area contributed by atoms with Crippen molar-refractivity contribution in [3.05, 3.63) is 0 Å². The van der Waals surface area contributed by atoms with E-state index in [1.165, 1.54) is 21.0 Å². The lowest BCUT2D eigenvalue weighted by Gasteiger charge is -2.57. The van der Waals surface area contributed by atoms with E-state index >= 15 is 0 Å². The van der Waals surface area contributed by atoms with E-state index in [0.717, 1.165) is 12.8 Å². The number of rotatable bonds is 6. The van der Waals surface area contributed by atoms with Crippen LogP contribution in [-0.2, 0) is 23.9 Å². The molecule has 4 rings (SSSR count). The van der Waals surface area contributed by atoms with Gasteiger partial charge < -0.3 is 14.6 Å². The van der Waals surface area contributed by atoms with E-state index in [1.807, 2.05) is 0 Å². The minimum Gasteiger partial charge on any atom is -0.477 e. The minimum atomic E-state index is -4.15. The van der Waals surface area contributed by atoms with Gasteiger partial charge >= 0.3 is 23.8 Å². The number of carboxylic acid groups (broad SMARTS) is 1. The molecular weight excluding hydrogens is 362 g/mol. The van der Waals surface area contributed by atoms with Crippen LogP contribution in [0.1, 0.15) is 46.0 Å². The van der Waals surface area contributed by atoms with Gasteiger partial charge in [0.25, 0.3) is 0 Å². The lowest BCUT2D eigenvalue weighted by Crippen LogP contribution is -2.58. The van der Waals surface area contributed by atoms with Crippen LogP contribution in [0.3, 0.4) is 0 Å².